The van der Waals surface area contributed by atoms with E-state index in [4.69, 9.17) is 14.2 Å². The molecule has 1 fully saturated rings. The Bertz CT molecular complexity index is 605. The second kappa shape index (κ2) is 7.76. The Morgan fingerprint density at radius 1 is 1.12 bits per heavy atom. The number of likely N-dealkylation sites (tertiary alicyclic amines) is 1. The molecule has 0 aliphatic carbocycles. The van der Waals surface area contributed by atoms with Crippen LogP contribution in [0.1, 0.15) is 39.2 Å². The molecular formula is C19H27NO5. The van der Waals surface area contributed by atoms with Gasteiger partial charge in [-0.2, -0.15) is 0 Å². The van der Waals surface area contributed by atoms with E-state index in [1.807, 2.05) is 45.0 Å². The molecule has 1 saturated heterocycles. The molecule has 1 aliphatic rings. The van der Waals surface area contributed by atoms with E-state index in [1.165, 1.54) is 7.11 Å². The minimum atomic E-state index is -0.620. The summed E-state index contributed by atoms with van der Waals surface area (Å²) in [6.45, 7) is 5.44. The van der Waals surface area contributed by atoms with Gasteiger partial charge in [-0.3, -0.25) is 4.90 Å². The van der Waals surface area contributed by atoms with Crippen LogP contribution in [0.4, 0.5) is 4.79 Å². The maximum atomic E-state index is 12.7. The molecule has 0 unspecified atom stereocenters. The number of hydrogen-bond acceptors (Lipinski definition) is 5. The van der Waals surface area contributed by atoms with Crippen LogP contribution in [0.25, 0.3) is 0 Å². The normalized spacial score (nSPS) is 20.3. The van der Waals surface area contributed by atoms with Crippen LogP contribution in [0.5, 0.6) is 5.75 Å². The van der Waals surface area contributed by atoms with Crippen molar-refractivity contribution < 1.29 is 23.8 Å². The van der Waals surface area contributed by atoms with E-state index < -0.39 is 23.7 Å². The number of esters is 1. The first-order valence-corrected chi connectivity index (χ1v) is 8.47. The Kier molecular flexibility index (Phi) is 5.93. The van der Waals surface area contributed by atoms with E-state index in [0.717, 1.165) is 17.7 Å². The molecule has 0 saturated carbocycles. The highest BCUT2D eigenvalue weighted by molar-refractivity contribution is 5.82. The van der Waals surface area contributed by atoms with E-state index in [1.54, 1.807) is 12.0 Å². The van der Waals surface area contributed by atoms with Crippen molar-refractivity contribution in [1.29, 1.82) is 0 Å². The van der Waals surface area contributed by atoms with Gasteiger partial charge in [-0.1, -0.05) is 12.1 Å². The van der Waals surface area contributed by atoms with Crippen LogP contribution in [0.2, 0.25) is 0 Å². The Morgan fingerprint density at radius 3 is 2.28 bits per heavy atom. The summed E-state index contributed by atoms with van der Waals surface area (Å²) < 4.78 is 15.5. The lowest BCUT2D eigenvalue weighted by molar-refractivity contribution is -0.146. The van der Waals surface area contributed by atoms with Crippen molar-refractivity contribution in [3.05, 3.63) is 29.8 Å². The minimum Gasteiger partial charge on any atom is -0.497 e. The van der Waals surface area contributed by atoms with Crippen LogP contribution >= 0.6 is 0 Å². The van der Waals surface area contributed by atoms with Gasteiger partial charge in [0.15, 0.2) is 0 Å². The van der Waals surface area contributed by atoms with Gasteiger partial charge in [-0.15, -0.1) is 0 Å². The van der Waals surface area contributed by atoms with Gasteiger partial charge in [0.2, 0.25) is 0 Å². The zero-order chi connectivity index (χ0) is 18.6. The lowest BCUT2D eigenvalue weighted by atomic mass is 10.0. The van der Waals surface area contributed by atoms with E-state index in [2.05, 4.69) is 0 Å². The average molecular weight is 349 g/mol. The van der Waals surface area contributed by atoms with E-state index in [0.29, 0.717) is 12.8 Å². The highest BCUT2D eigenvalue weighted by Crippen LogP contribution is 2.30. The smallest absolute Gasteiger partial charge is 0.411 e. The molecule has 2 rings (SSSR count). The van der Waals surface area contributed by atoms with Gasteiger partial charge in [0.05, 0.1) is 14.2 Å². The highest BCUT2D eigenvalue weighted by Gasteiger charge is 2.43. The van der Waals surface area contributed by atoms with Crippen LogP contribution in [-0.4, -0.2) is 48.9 Å². The van der Waals surface area contributed by atoms with Crippen LogP contribution in [-0.2, 0) is 20.7 Å². The summed E-state index contributed by atoms with van der Waals surface area (Å²) in [5.74, 6) is 0.384. The molecular weight excluding hydrogens is 322 g/mol. The van der Waals surface area contributed by atoms with Gasteiger partial charge in [0.1, 0.15) is 17.4 Å². The number of nitrogens with zero attached hydrogens (tertiary/aromatic N) is 1. The Balaban J connectivity index is 2.18. The van der Waals surface area contributed by atoms with Gasteiger partial charge in [0, 0.05) is 6.04 Å². The molecule has 0 spiro atoms. The van der Waals surface area contributed by atoms with Crippen LogP contribution in [0, 0.1) is 0 Å². The van der Waals surface area contributed by atoms with Gasteiger partial charge >= 0.3 is 12.1 Å². The zero-order valence-corrected chi connectivity index (χ0v) is 15.6. The molecule has 1 aromatic carbocycles. The summed E-state index contributed by atoms with van der Waals surface area (Å²) in [5.41, 5.74) is 0.454. The van der Waals surface area contributed by atoms with E-state index >= 15 is 0 Å². The predicted octanol–water partition coefficient (Wildman–Crippen LogP) is 3.18. The summed E-state index contributed by atoms with van der Waals surface area (Å²) in [6.07, 6.45) is 1.48. The number of carbonyl (C=O) groups is 2. The van der Waals surface area contributed by atoms with Crippen molar-refractivity contribution in [2.75, 3.05) is 14.2 Å². The van der Waals surface area contributed by atoms with Crippen LogP contribution in [0.3, 0.4) is 0 Å². The molecule has 6 heteroatoms. The van der Waals surface area contributed by atoms with E-state index in [-0.39, 0.29) is 6.04 Å². The molecule has 1 aliphatic heterocycles. The number of carbonyl (C=O) groups excluding carboxylic acids is 2. The average Bonchev–Trinajstić information content (AvgIpc) is 2.97. The molecule has 1 aromatic rings. The number of benzene rings is 1. The summed E-state index contributed by atoms with van der Waals surface area (Å²) >= 11 is 0. The van der Waals surface area contributed by atoms with Gasteiger partial charge in [0.25, 0.3) is 0 Å². The van der Waals surface area contributed by atoms with Gasteiger partial charge in [-0.25, -0.2) is 9.59 Å². The summed E-state index contributed by atoms with van der Waals surface area (Å²) in [4.78, 5) is 26.3. The van der Waals surface area contributed by atoms with Gasteiger partial charge < -0.3 is 14.2 Å². The molecule has 0 aromatic heterocycles. The maximum absolute atomic E-state index is 12.7. The molecule has 1 heterocycles. The van der Waals surface area contributed by atoms with Crippen LogP contribution < -0.4 is 4.74 Å². The molecule has 0 N–H and O–H groups in total. The van der Waals surface area contributed by atoms with Crippen molar-refractivity contribution in [2.45, 2.75) is 57.7 Å². The third-order valence-corrected chi connectivity index (χ3v) is 4.21. The van der Waals surface area contributed by atoms with Crippen molar-refractivity contribution >= 4 is 12.1 Å². The molecule has 138 valence electrons. The fourth-order valence-corrected chi connectivity index (χ4v) is 3.08. The van der Waals surface area contributed by atoms with E-state index in [9.17, 15) is 9.59 Å². The largest absolute Gasteiger partial charge is 0.497 e. The number of hydrogen-bond donors (Lipinski definition) is 0. The molecule has 25 heavy (non-hydrogen) atoms. The fraction of sp³-hybridized carbons (Fsp3) is 0.579. The Hall–Kier alpha value is -2.24. The molecule has 6 nitrogen and oxygen atoms in total. The molecule has 2 atom stereocenters. The lowest BCUT2D eigenvalue weighted by Gasteiger charge is -2.31. The SMILES string of the molecule is COC(=O)[C@H]1CC[C@@H](Cc2ccc(OC)cc2)N1C(=O)OC(C)(C)C. The molecule has 0 bridgehead atoms. The number of rotatable bonds is 4. The molecule has 1 amide bonds. The predicted molar refractivity (Wildman–Crippen MR) is 93.6 cm³/mol. The standard InChI is InChI=1S/C19H27NO5/c1-19(2,3)25-18(22)20-14(8-11-16(20)17(21)24-5)12-13-6-9-15(23-4)10-7-13/h6-7,9-10,14,16H,8,11-12H2,1-5H3/t14-,16+/m0/s1. The van der Waals surface area contributed by atoms with Crippen molar-refractivity contribution in [3.8, 4) is 5.75 Å². The fourth-order valence-electron chi connectivity index (χ4n) is 3.08. The Morgan fingerprint density at radius 2 is 1.76 bits per heavy atom. The summed E-state index contributed by atoms with van der Waals surface area (Å²) in [5, 5.41) is 0. The van der Waals surface area contributed by atoms with Crippen molar-refractivity contribution in [2.24, 2.45) is 0 Å². The monoisotopic (exact) mass is 349 g/mol. The second-order valence-electron chi connectivity index (χ2n) is 7.21. The first-order valence-electron chi connectivity index (χ1n) is 8.47. The van der Waals surface area contributed by atoms with Gasteiger partial charge in [-0.05, 0) is 57.7 Å². The minimum absolute atomic E-state index is 0.104. The number of amides is 1. The Labute approximate surface area is 149 Å². The second-order valence-corrected chi connectivity index (χ2v) is 7.21. The first-order chi connectivity index (χ1) is 11.7. The third-order valence-electron chi connectivity index (χ3n) is 4.21. The first kappa shape index (κ1) is 19.1. The third kappa shape index (κ3) is 4.87. The number of methoxy groups -OCH3 is 2. The topological polar surface area (TPSA) is 65.1 Å². The maximum Gasteiger partial charge on any atom is 0.411 e. The highest BCUT2D eigenvalue weighted by atomic mass is 16.6. The van der Waals surface area contributed by atoms with Crippen LogP contribution in [0.15, 0.2) is 24.3 Å². The quantitative estimate of drug-likeness (QED) is 0.781. The molecule has 0 radical (unpaired) electrons. The zero-order valence-electron chi connectivity index (χ0n) is 15.6. The lowest BCUT2D eigenvalue weighted by Crippen LogP contribution is -2.48. The summed E-state index contributed by atoms with van der Waals surface area (Å²) in [6, 6.07) is 7.02. The van der Waals surface area contributed by atoms with Crippen molar-refractivity contribution in [3.63, 3.8) is 0 Å². The van der Waals surface area contributed by atoms with Crippen molar-refractivity contribution in [1.82, 2.24) is 4.90 Å². The summed E-state index contributed by atoms with van der Waals surface area (Å²) in [7, 11) is 2.96. The number of ether oxygens (including phenoxy) is 3.